The van der Waals surface area contributed by atoms with Crippen molar-refractivity contribution in [3.63, 3.8) is 0 Å². The Balaban J connectivity index is 0.000000106. The Morgan fingerprint density at radius 3 is 0.838 bits per heavy atom. The SMILES string of the molecule is CC1(C)c2ccccc2-c2ccc(N(c3ccc(-c4ccccc4)cc3)c3ccc4c(ccc5cc(-c6ccccc6)ccc54)c3)cc21.c1ccc(-c2ccc3c(ccc4cc(N(c5ccc6c(c5)oc5ccccc56)c5ccc6c(c5)oc5ccccc56)ccc43)c2)cc1.c1ccc(-c2ccc3c(ccc4cc(N(c5ccc6c(c5)sc5ccccc56)c5ccc6c(c5)sc5ccccc56)ccc43)c2)cc1. The third kappa shape index (κ3) is 14.7. The van der Waals surface area contributed by atoms with Crippen molar-refractivity contribution in [1.29, 1.82) is 0 Å². The van der Waals surface area contributed by atoms with Crippen molar-refractivity contribution in [3.05, 3.63) is 515 Å². The number of anilines is 9. The molecule has 4 aromatic heterocycles. The van der Waals surface area contributed by atoms with Crippen LogP contribution in [0.3, 0.4) is 0 Å². The second kappa shape index (κ2) is 34.5. The lowest BCUT2D eigenvalue weighted by molar-refractivity contribution is 0.660. The fourth-order valence-electron chi connectivity index (χ4n) is 22.0. The van der Waals surface area contributed by atoms with E-state index in [1.54, 1.807) is 0 Å². The molecule has 28 aromatic rings. The number of benzene rings is 24. The minimum absolute atomic E-state index is 0.0777. The molecule has 0 fully saturated rings. The normalized spacial score (nSPS) is 12.2. The summed E-state index contributed by atoms with van der Waals surface area (Å²) in [5, 5.41) is 24.7. The summed E-state index contributed by atoms with van der Waals surface area (Å²) in [6, 6.07) is 183. The van der Waals surface area contributed by atoms with Crippen molar-refractivity contribution in [2.45, 2.75) is 19.3 Å². The highest BCUT2D eigenvalue weighted by molar-refractivity contribution is 7.26. The van der Waals surface area contributed by atoms with E-state index in [2.05, 4.69) is 508 Å². The van der Waals surface area contributed by atoms with E-state index in [0.717, 1.165) is 95.1 Å². The Morgan fingerprint density at radius 2 is 0.423 bits per heavy atom. The number of hydrogen-bond acceptors (Lipinski definition) is 7. The van der Waals surface area contributed by atoms with Crippen LogP contribution in [0.1, 0.15) is 25.0 Å². The van der Waals surface area contributed by atoms with Gasteiger partial charge in [0.05, 0.1) is 0 Å². The quantitative estimate of drug-likeness (QED) is 0.108. The molecule has 7 heteroatoms. The minimum Gasteiger partial charge on any atom is -0.456 e. The molecule has 0 amide bonds. The molecule has 668 valence electrons. The maximum absolute atomic E-state index is 6.34. The first-order valence-corrected chi connectivity index (χ1v) is 50.2. The molecule has 0 aliphatic heterocycles. The second-order valence-corrected chi connectivity index (χ2v) is 39.9. The van der Waals surface area contributed by atoms with Gasteiger partial charge in [0.2, 0.25) is 0 Å². The van der Waals surface area contributed by atoms with Gasteiger partial charge < -0.3 is 23.5 Å². The highest BCUT2D eigenvalue weighted by Gasteiger charge is 2.36. The van der Waals surface area contributed by atoms with E-state index < -0.39 is 0 Å². The summed E-state index contributed by atoms with van der Waals surface area (Å²) >= 11 is 3.74. The van der Waals surface area contributed by atoms with Gasteiger partial charge in [0, 0.05) is 131 Å². The van der Waals surface area contributed by atoms with Crippen molar-refractivity contribution < 1.29 is 8.83 Å². The maximum atomic E-state index is 6.34. The van der Waals surface area contributed by atoms with E-state index in [-0.39, 0.29) is 5.41 Å². The molecule has 0 saturated heterocycles. The van der Waals surface area contributed by atoms with E-state index >= 15 is 0 Å². The second-order valence-electron chi connectivity index (χ2n) is 37.8. The van der Waals surface area contributed by atoms with Crippen LogP contribution >= 0.6 is 22.7 Å². The summed E-state index contributed by atoms with van der Waals surface area (Å²) in [5.74, 6) is 0. The third-order valence-electron chi connectivity index (χ3n) is 29.1. The van der Waals surface area contributed by atoms with Crippen molar-refractivity contribution in [3.8, 4) is 55.6 Å². The molecule has 29 rings (SSSR count). The molecular weight excluding hydrogens is 1760 g/mol. The molecule has 0 bridgehead atoms. The van der Waals surface area contributed by atoms with Gasteiger partial charge in [-0.15, -0.1) is 22.7 Å². The van der Waals surface area contributed by atoms with Crippen LogP contribution in [0.25, 0.3) is 204 Å². The average molecular weight is 1850 g/mol. The fraction of sp³-hybridized carbons (Fsp3) is 0.0222. The largest absolute Gasteiger partial charge is 0.456 e. The number of thiophene rings is 2. The van der Waals surface area contributed by atoms with Crippen molar-refractivity contribution in [1.82, 2.24) is 0 Å². The lowest BCUT2D eigenvalue weighted by atomic mass is 9.82. The molecule has 4 heterocycles. The third-order valence-corrected chi connectivity index (χ3v) is 31.4. The van der Waals surface area contributed by atoms with Gasteiger partial charge in [-0.05, 0) is 283 Å². The molecule has 1 aliphatic rings. The van der Waals surface area contributed by atoms with Gasteiger partial charge in [0.1, 0.15) is 22.3 Å². The molecule has 5 nitrogen and oxygen atoms in total. The van der Waals surface area contributed by atoms with Crippen LogP contribution in [0, 0.1) is 0 Å². The molecule has 0 atom stereocenters. The molecule has 0 N–H and O–H groups in total. The molecule has 1 aliphatic carbocycles. The molecule has 0 saturated carbocycles. The van der Waals surface area contributed by atoms with Crippen LogP contribution in [0.4, 0.5) is 51.2 Å². The molecule has 0 unspecified atom stereocenters. The van der Waals surface area contributed by atoms with Crippen LogP contribution in [0.5, 0.6) is 0 Å². The zero-order valence-corrected chi connectivity index (χ0v) is 79.5. The Bertz CT molecular complexity index is 9250. The van der Waals surface area contributed by atoms with E-state index in [9.17, 15) is 0 Å². The number of furan rings is 2. The van der Waals surface area contributed by atoms with Crippen molar-refractivity contribution in [2.75, 3.05) is 14.7 Å². The van der Waals surface area contributed by atoms with Crippen LogP contribution in [0.2, 0.25) is 0 Å². The first-order chi connectivity index (χ1) is 70.1. The summed E-state index contributed by atoms with van der Waals surface area (Å²) in [5.41, 5.74) is 28.7. The number of para-hydroxylation sites is 2. The maximum Gasteiger partial charge on any atom is 0.137 e. The zero-order valence-electron chi connectivity index (χ0n) is 77.9. The Hall–Kier alpha value is -17.7. The van der Waals surface area contributed by atoms with E-state index in [0.29, 0.717) is 0 Å². The summed E-state index contributed by atoms with van der Waals surface area (Å²) in [6.07, 6.45) is 0. The Labute approximate surface area is 829 Å². The molecule has 0 spiro atoms. The lowest BCUT2D eigenvalue weighted by Crippen LogP contribution is -2.16. The van der Waals surface area contributed by atoms with Gasteiger partial charge in [-0.25, -0.2) is 0 Å². The van der Waals surface area contributed by atoms with Gasteiger partial charge in [0.25, 0.3) is 0 Å². The summed E-state index contributed by atoms with van der Waals surface area (Å²) in [7, 11) is 0. The summed E-state index contributed by atoms with van der Waals surface area (Å²) in [6.45, 7) is 4.70. The molecule has 24 aromatic carbocycles. The van der Waals surface area contributed by atoms with Crippen molar-refractivity contribution in [2.24, 2.45) is 0 Å². The lowest BCUT2D eigenvalue weighted by Gasteiger charge is -2.28. The van der Waals surface area contributed by atoms with E-state index in [1.807, 2.05) is 46.9 Å². The number of rotatable bonds is 13. The van der Waals surface area contributed by atoms with Crippen LogP contribution in [0.15, 0.2) is 512 Å². The van der Waals surface area contributed by atoms with Crippen LogP contribution < -0.4 is 14.7 Å². The molecule has 0 radical (unpaired) electrons. The van der Waals surface area contributed by atoms with Gasteiger partial charge >= 0.3 is 0 Å². The molecule has 142 heavy (non-hydrogen) atoms. The number of hydrogen-bond donors (Lipinski definition) is 0. The average Bonchev–Trinajstić information content (AvgIpc) is 1.62. The monoisotopic (exact) mass is 1850 g/mol. The van der Waals surface area contributed by atoms with E-state index in [1.165, 1.54) is 172 Å². The van der Waals surface area contributed by atoms with Crippen LogP contribution in [-0.4, -0.2) is 0 Å². The number of fused-ring (bicyclic) bond motifs is 24. The standard InChI is InChI=1S/C47H35N.C44H27NO2.C44H27NS2/c1-47(2)45-16-10-9-15-43(45)44-28-25-40(31-46(44)47)48(38-22-19-34(20-23-38)32-11-5-3-6-12-32)39-24-27-42-37(30-39)18-17-36-29-35(21-26-41(36)42)33-13-7-4-8-14-33;2*1-2-8-28(9-3-1)29-16-20-35-30(24-29)14-15-31-25-32(17-21-36(31)35)45(33-18-22-39-37-10-4-6-12-41(37)46-43(39)26-33)34-19-23-40-38-11-5-7-13-42(38)47-44(40)27-34/h3-31H,1-2H3;2*1-27H. The topological polar surface area (TPSA) is 36.0 Å². The number of nitrogens with zero attached hydrogens (tertiary/aromatic N) is 3. The van der Waals surface area contributed by atoms with Gasteiger partial charge in [-0.1, -0.05) is 354 Å². The highest BCUT2D eigenvalue weighted by atomic mass is 32.1. The van der Waals surface area contributed by atoms with E-state index in [4.69, 9.17) is 8.83 Å². The summed E-state index contributed by atoms with van der Waals surface area (Å²) < 4.78 is 17.9. The Morgan fingerprint density at radius 1 is 0.162 bits per heavy atom. The predicted molar refractivity (Wildman–Crippen MR) is 608 cm³/mol. The smallest absolute Gasteiger partial charge is 0.137 e. The fourth-order valence-corrected chi connectivity index (χ4v) is 24.3. The summed E-state index contributed by atoms with van der Waals surface area (Å²) in [4.78, 5) is 7.13. The van der Waals surface area contributed by atoms with Gasteiger partial charge in [-0.3, -0.25) is 0 Å². The first kappa shape index (κ1) is 83.6. The zero-order chi connectivity index (χ0) is 94.0. The van der Waals surface area contributed by atoms with Gasteiger partial charge in [0.15, 0.2) is 0 Å². The van der Waals surface area contributed by atoms with Crippen LogP contribution in [-0.2, 0) is 5.41 Å². The van der Waals surface area contributed by atoms with Gasteiger partial charge in [-0.2, -0.15) is 0 Å². The highest BCUT2D eigenvalue weighted by Crippen LogP contribution is 2.53. The minimum atomic E-state index is -0.0777. The first-order valence-electron chi connectivity index (χ1n) is 48.6. The predicted octanol–water partition coefficient (Wildman–Crippen LogP) is 39.9. The Kier molecular flexibility index (Phi) is 20.3. The van der Waals surface area contributed by atoms with Crippen molar-refractivity contribution >= 4 is 223 Å². The molecular formula is C135H89N3O2S2.